The zero-order valence-corrected chi connectivity index (χ0v) is 9.67. The van der Waals surface area contributed by atoms with E-state index in [2.05, 4.69) is 5.32 Å². The number of hydrogen-bond donors (Lipinski definition) is 3. The number of rotatable bonds is 2. The highest BCUT2D eigenvalue weighted by Gasteiger charge is 2.68. The molecule has 2 aliphatic carbocycles. The van der Waals surface area contributed by atoms with Crippen molar-refractivity contribution < 1.29 is 15.0 Å². The van der Waals surface area contributed by atoms with Gasteiger partial charge in [0.2, 0.25) is 0 Å². The average molecular weight is 238 g/mol. The second-order valence-electron chi connectivity index (χ2n) is 5.33. The Morgan fingerprint density at radius 3 is 3.00 bits per heavy atom. The van der Waals surface area contributed by atoms with Crippen LogP contribution in [0, 0.1) is 11.3 Å². The van der Waals surface area contributed by atoms with Crippen LogP contribution >= 0.6 is 0 Å². The number of amides is 2. The quantitative estimate of drug-likeness (QED) is 0.578. The van der Waals surface area contributed by atoms with Crippen molar-refractivity contribution in [1.82, 2.24) is 10.2 Å². The van der Waals surface area contributed by atoms with Gasteiger partial charge < -0.3 is 20.4 Å². The zero-order valence-electron chi connectivity index (χ0n) is 9.67. The van der Waals surface area contributed by atoms with Gasteiger partial charge in [0.1, 0.15) is 0 Å². The average Bonchev–Trinajstić information content (AvgIpc) is 3.03. The molecule has 94 valence electrons. The first-order valence-electron chi connectivity index (χ1n) is 6.17. The van der Waals surface area contributed by atoms with Crippen LogP contribution in [0.5, 0.6) is 0 Å². The van der Waals surface area contributed by atoms with Crippen molar-refractivity contribution in [2.75, 3.05) is 19.7 Å². The van der Waals surface area contributed by atoms with Gasteiger partial charge in [-0.3, -0.25) is 0 Å². The summed E-state index contributed by atoms with van der Waals surface area (Å²) in [5.74, 6) is 0.264. The molecule has 5 heteroatoms. The molecule has 0 aromatic rings. The van der Waals surface area contributed by atoms with E-state index >= 15 is 0 Å². The number of nitrogens with one attached hydrogen (secondary N) is 1. The van der Waals surface area contributed by atoms with E-state index in [1.807, 2.05) is 12.2 Å². The van der Waals surface area contributed by atoms with Gasteiger partial charge in [-0.1, -0.05) is 12.2 Å². The smallest absolute Gasteiger partial charge is 0.318 e. The fourth-order valence-corrected chi connectivity index (χ4v) is 3.40. The minimum absolute atomic E-state index is 0.0284. The van der Waals surface area contributed by atoms with Crippen LogP contribution in [0.3, 0.4) is 0 Å². The molecular weight excluding hydrogens is 220 g/mol. The summed E-state index contributed by atoms with van der Waals surface area (Å²) in [4.78, 5) is 13.7. The molecule has 2 saturated carbocycles. The van der Waals surface area contributed by atoms with Crippen LogP contribution in [0.15, 0.2) is 12.2 Å². The number of hydrogen-bond acceptors (Lipinski definition) is 3. The number of urea groups is 1. The Morgan fingerprint density at radius 2 is 2.35 bits per heavy atom. The minimum atomic E-state index is -0.470. The number of nitrogens with zero attached hydrogens (tertiary/aromatic N) is 1. The maximum Gasteiger partial charge on any atom is 0.318 e. The Kier molecular flexibility index (Phi) is 2.41. The van der Waals surface area contributed by atoms with E-state index in [4.69, 9.17) is 0 Å². The lowest BCUT2D eigenvalue weighted by molar-refractivity contribution is 0.0588. The second-order valence-corrected chi connectivity index (χ2v) is 5.33. The highest BCUT2D eigenvalue weighted by Crippen LogP contribution is 2.64. The van der Waals surface area contributed by atoms with Crippen LogP contribution < -0.4 is 5.32 Å². The Balaban J connectivity index is 1.78. The SMILES string of the molecule is O=C1NCC=CCN1[C@H]1C[C@H](O)[C@]2(CO)C[C@H]12. The van der Waals surface area contributed by atoms with E-state index in [1.54, 1.807) is 4.90 Å². The third-order valence-electron chi connectivity index (χ3n) is 4.57. The molecular formula is C12H18N2O3. The van der Waals surface area contributed by atoms with Gasteiger partial charge in [0.05, 0.1) is 12.7 Å². The predicted molar refractivity (Wildman–Crippen MR) is 61.3 cm³/mol. The summed E-state index contributed by atoms with van der Waals surface area (Å²) in [5, 5.41) is 22.2. The Bertz CT molecular complexity index is 371. The molecule has 3 N–H and O–H groups in total. The molecule has 3 aliphatic rings. The van der Waals surface area contributed by atoms with E-state index in [0.29, 0.717) is 19.5 Å². The summed E-state index contributed by atoms with van der Waals surface area (Å²) in [6.07, 6.45) is 4.87. The highest BCUT2D eigenvalue weighted by molar-refractivity contribution is 5.75. The lowest BCUT2D eigenvalue weighted by Gasteiger charge is -2.28. The number of aliphatic hydroxyl groups is 2. The van der Waals surface area contributed by atoms with E-state index in [1.165, 1.54) is 0 Å². The number of fused-ring (bicyclic) bond motifs is 1. The molecule has 0 saturated heterocycles. The monoisotopic (exact) mass is 238 g/mol. The third-order valence-corrected chi connectivity index (χ3v) is 4.57. The molecule has 1 aliphatic heterocycles. The first-order valence-corrected chi connectivity index (χ1v) is 6.17. The van der Waals surface area contributed by atoms with Crippen molar-refractivity contribution in [2.45, 2.75) is 25.0 Å². The van der Waals surface area contributed by atoms with Crippen molar-refractivity contribution >= 4 is 6.03 Å². The van der Waals surface area contributed by atoms with Crippen molar-refractivity contribution in [3.8, 4) is 0 Å². The van der Waals surface area contributed by atoms with E-state index in [0.717, 1.165) is 6.42 Å². The van der Waals surface area contributed by atoms with Gasteiger partial charge in [0, 0.05) is 24.5 Å². The summed E-state index contributed by atoms with van der Waals surface area (Å²) in [6.45, 7) is 1.20. The van der Waals surface area contributed by atoms with Crippen molar-refractivity contribution in [3.05, 3.63) is 12.2 Å². The van der Waals surface area contributed by atoms with Gasteiger partial charge in [-0.25, -0.2) is 4.79 Å². The van der Waals surface area contributed by atoms with Crippen LogP contribution in [0.25, 0.3) is 0 Å². The van der Waals surface area contributed by atoms with Crippen molar-refractivity contribution in [3.63, 3.8) is 0 Å². The van der Waals surface area contributed by atoms with E-state index in [9.17, 15) is 15.0 Å². The molecule has 17 heavy (non-hydrogen) atoms. The standard InChI is InChI=1S/C12H18N2O3/c15-7-12-6-8(12)9(5-10(12)16)14-4-2-1-3-13-11(14)17/h1-2,8-10,15-16H,3-7H2,(H,13,17)/t8-,9+,10+,12+/m1/s1. The summed E-state index contributed by atoms with van der Waals surface area (Å²) in [6, 6.07) is 0.00717. The summed E-state index contributed by atoms with van der Waals surface area (Å²) >= 11 is 0. The molecule has 0 bridgehead atoms. The molecule has 4 atom stereocenters. The predicted octanol–water partition coefficient (Wildman–Crippen LogP) is -0.300. The zero-order chi connectivity index (χ0) is 12.0. The summed E-state index contributed by atoms with van der Waals surface area (Å²) in [5.41, 5.74) is -0.318. The molecule has 2 amide bonds. The summed E-state index contributed by atoms with van der Waals surface area (Å²) in [7, 11) is 0. The van der Waals surface area contributed by atoms with Crippen molar-refractivity contribution in [1.29, 1.82) is 0 Å². The van der Waals surface area contributed by atoms with Gasteiger partial charge in [-0.05, 0) is 18.8 Å². The molecule has 0 unspecified atom stereocenters. The molecule has 0 aromatic heterocycles. The van der Waals surface area contributed by atoms with Crippen LogP contribution in [0.2, 0.25) is 0 Å². The maximum atomic E-state index is 11.9. The Hall–Kier alpha value is -1.07. The lowest BCUT2D eigenvalue weighted by atomic mass is 10.0. The number of aliphatic hydroxyl groups excluding tert-OH is 2. The topological polar surface area (TPSA) is 72.8 Å². The summed E-state index contributed by atoms with van der Waals surface area (Å²) < 4.78 is 0. The molecule has 0 radical (unpaired) electrons. The Labute approximate surface area is 100 Å². The molecule has 1 heterocycles. The highest BCUT2D eigenvalue weighted by atomic mass is 16.3. The van der Waals surface area contributed by atoms with Crippen LogP contribution in [-0.4, -0.2) is 53.0 Å². The normalized spacial score (nSPS) is 44.2. The molecule has 5 nitrogen and oxygen atoms in total. The molecule has 0 aromatic carbocycles. The maximum absolute atomic E-state index is 11.9. The van der Waals surface area contributed by atoms with E-state index in [-0.39, 0.29) is 30.0 Å². The van der Waals surface area contributed by atoms with Gasteiger partial charge in [0.25, 0.3) is 0 Å². The van der Waals surface area contributed by atoms with Crippen LogP contribution in [0.1, 0.15) is 12.8 Å². The van der Waals surface area contributed by atoms with Gasteiger partial charge >= 0.3 is 6.03 Å². The fraction of sp³-hybridized carbons (Fsp3) is 0.750. The van der Waals surface area contributed by atoms with Crippen LogP contribution in [-0.2, 0) is 0 Å². The van der Waals surface area contributed by atoms with Gasteiger partial charge in [0.15, 0.2) is 0 Å². The number of carbonyl (C=O) groups is 1. The first-order chi connectivity index (χ1) is 8.19. The first kappa shape index (κ1) is 11.0. The van der Waals surface area contributed by atoms with Gasteiger partial charge in [-0.15, -0.1) is 0 Å². The molecule has 2 fully saturated rings. The molecule has 0 spiro atoms. The van der Waals surface area contributed by atoms with Crippen LogP contribution in [0.4, 0.5) is 4.79 Å². The minimum Gasteiger partial charge on any atom is -0.396 e. The van der Waals surface area contributed by atoms with Crippen molar-refractivity contribution in [2.24, 2.45) is 11.3 Å². The number of carbonyl (C=O) groups excluding carboxylic acids is 1. The lowest BCUT2D eigenvalue weighted by Crippen LogP contribution is -2.45. The Morgan fingerprint density at radius 1 is 1.53 bits per heavy atom. The molecule has 3 rings (SSSR count). The second kappa shape index (κ2) is 3.71. The van der Waals surface area contributed by atoms with E-state index < -0.39 is 6.10 Å². The third kappa shape index (κ3) is 1.49. The van der Waals surface area contributed by atoms with Gasteiger partial charge in [-0.2, -0.15) is 0 Å². The fourth-order valence-electron chi connectivity index (χ4n) is 3.40. The largest absolute Gasteiger partial charge is 0.396 e.